The average Bonchev–Trinajstić information content (AvgIpc) is 2.40. The van der Waals surface area contributed by atoms with E-state index in [1.807, 2.05) is 0 Å². The smallest absolute Gasteiger partial charge is 0.0965 e. The van der Waals surface area contributed by atoms with Gasteiger partial charge < -0.3 is 5.32 Å². The molecule has 0 aromatic rings. The summed E-state index contributed by atoms with van der Waals surface area (Å²) in [7, 11) is 0. The molecule has 2 aliphatic rings. The highest BCUT2D eigenvalue weighted by Crippen LogP contribution is 2.26. The van der Waals surface area contributed by atoms with Crippen LogP contribution in [0.25, 0.3) is 0 Å². The fraction of sp³-hybridized carbons (Fsp3) is 0.909. The van der Waals surface area contributed by atoms with Crippen LogP contribution in [-0.4, -0.2) is 18.4 Å². The Morgan fingerprint density at radius 2 is 2.15 bits per heavy atom. The molecule has 0 bridgehead atoms. The molecule has 2 unspecified atom stereocenters. The second-order valence-corrected chi connectivity index (χ2v) is 4.44. The zero-order valence-corrected chi connectivity index (χ0v) is 8.55. The molecule has 0 spiro atoms. The van der Waals surface area contributed by atoms with Crippen molar-refractivity contribution in [3.63, 3.8) is 0 Å². The van der Waals surface area contributed by atoms with E-state index in [4.69, 9.17) is 0 Å². The van der Waals surface area contributed by atoms with Crippen LogP contribution in [0.1, 0.15) is 45.4 Å². The highest BCUT2D eigenvalue weighted by Gasteiger charge is 2.27. The third-order valence-electron chi connectivity index (χ3n) is 3.35. The van der Waals surface area contributed by atoms with Crippen LogP contribution in [0.15, 0.2) is 4.99 Å². The molecule has 0 saturated heterocycles. The van der Waals surface area contributed by atoms with Gasteiger partial charge in [0.15, 0.2) is 0 Å². The average molecular weight is 180 g/mol. The predicted molar refractivity (Wildman–Crippen MR) is 56.1 cm³/mol. The van der Waals surface area contributed by atoms with E-state index < -0.39 is 0 Å². The van der Waals surface area contributed by atoms with Crippen molar-refractivity contribution >= 4 is 5.84 Å². The molecule has 1 heterocycles. The molecule has 13 heavy (non-hydrogen) atoms. The van der Waals surface area contributed by atoms with E-state index >= 15 is 0 Å². The summed E-state index contributed by atoms with van der Waals surface area (Å²) < 4.78 is 0. The van der Waals surface area contributed by atoms with Crippen LogP contribution in [0.2, 0.25) is 0 Å². The Morgan fingerprint density at radius 3 is 2.85 bits per heavy atom. The SMILES string of the molecule is CC1CCC1NC1=NCCCCC1. The Kier molecular flexibility index (Phi) is 2.87. The summed E-state index contributed by atoms with van der Waals surface area (Å²) >= 11 is 0. The topological polar surface area (TPSA) is 24.4 Å². The second kappa shape index (κ2) is 4.12. The van der Waals surface area contributed by atoms with Crippen LogP contribution >= 0.6 is 0 Å². The van der Waals surface area contributed by atoms with E-state index in [0.717, 1.165) is 18.5 Å². The van der Waals surface area contributed by atoms with E-state index in [2.05, 4.69) is 17.2 Å². The van der Waals surface area contributed by atoms with Crippen LogP contribution in [-0.2, 0) is 0 Å². The number of hydrogen-bond acceptors (Lipinski definition) is 2. The minimum absolute atomic E-state index is 0.733. The summed E-state index contributed by atoms with van der Waals surface area (Å²) in [6.45, 7) is 3.38. The Balaban J connectivity index is 1.81. The molecule has 1 N–H and O–H groups in total. The first-order chi connectivity index (χ1) is 6.36. The first-order valence-electron chi connectivity index (χ1n) is 5.66. The molecule has 1 saturated carbocycles. The lowest BCUT2D eigenvalue weighted by Crippen LogP contribution is -2.45. The molecular formula is C11H20N2. The van der Waals surface area contributed by atoms with Gasteiger partial charge in [-0.05, 0) is 31.6 Å². The lowest BCUT2D eigenvalue weighted by Gasteiger charge is -2.35. The summed E-state index contributed by atoms with van der Waals surface area (Å²) in [6.07, 6.45) is 7.89. The highest BCUT2D eigenvalue weighted by atomic mass is 15.0. The number of nitrogens with one attached hydrogen (secondary N) is 1. The van der Waals surface area contributed by atoms with Crippen LogP contribution in [0.3, 0.4) is 0 Å². The number of hydrogen-bond donors (Lipinski definition) is 1. The van der Waals surface area contributed by atoms with Gasteiger partial charge in [0.05, 0.1) is 5.84 Å². The highest BCUT2D eigenvalue weighted by molar-refractivity contribution is 5.82. The first-order valence-corrected chi connectivity index (χ1v) is 5.66. The van der Waals surface area contributed by atoms with E-state index in [-0.39, 0.29) is 0 Å². The number of nitrogens with zero attached hydrogens (tertiary/aromatic N) is 1. The molecule has 1 fully saturated rings. The molecule has 74 valence electrons. The molecule has 0 radical (unpaired) electrons. The maximum Gasteiger partial charge on any atom is 0.0965 e. The van der Waals surface area contributed by atoms with Gasteiger partial charge in [-0.25, -0.2) is 0 Å². The molecule has 2 rings (SSSR count). The summed E-state index contributed by atoms with van der Waals surface area (Å²) in [4.78, 5) is 4.58. The second-order valence-electron chi connectivity index (χ2n) is 4.44. The van der Waals surface area contributed by atoms with Crippen molar-refractivity contribution in [2.24, 2.45) is 10.9 Å². The van der Waals surface area contributed by atoms with Crippen molar-refractivity contribution in [1.29, 1.82) is 0 Å². The van der Waals surface area contributed by atoms with Crippen LogP contribution in [0.4, 0.5) is 0 Å². The van der Waals surface area contributed by atoms with Gasteiger partial charge in [-0.1, -0.05) is 13.3 Å². The lowest BCUT2D eigenvalue weighted by molar-refractivity contribution is 0.256. The normalized spacial score (nSPS) is 34.4. The maximum absolute atomic E-state index is 4.58. The Morgan fingerprint density at radius 1 is 1.23 bits per heavy atom. The van der Waals surface area contributed by atoms with E-state index in [0.29, 0.717) is 0 Å². The number of amidine groups is 1. The predicted octanol–water partition coefficient (Wildman–Crippen LogP) is 2.35. The number of aliphatic imine (C=N–C) groups is 1. The summed E-state index contributed by atoms with van der Waals surface area (Å²) in [5, 5.41) is 3.60. The van der Waals surface area contributed by atoms with Crippen molar-refractivity contribution in [1.82, 2.24) is 5.32 Å². The lowest BCUT2D eigenvalue weighted by atomic mass is 9.81. The third kappa shape index (κ3) is 2.23. The van der Waals surface area contributed by atoms with Crippen molar-refractivity contribution in [2.45, 2.75) is 51.5 Å². The minimum atomic E-state index is 0.733. The standard InChI is InChI=1S/C11H20N2/c1-9-6-7-10(9)13-11-5-3-2-4-8-12-11/h9-10H,2-8H2,1H3,(H,12,13). The van der Waals surface area contributed by atoms with Gasteiger partial charge in [0, 0.05) is 19.0 Å². The van der Waals surface area contributed by atoms with E-state index in [9.17, 15) is 0 Å². The largest absolute Gasteiger partial charge is 0.371 e. The summed E-state index contributed by atoms with van der Waals surface area (Å²) in [6, 6.07) is 0.733. The first kappa shape index (κ1) is 9.04. The van der Waals surface area contributed by atoms with E-state index in [1.54, 1.807) is 0 Å². The minimum Gasteiger partial charge on any atom is -0.371 e. The molecule has 2 nitrogen and oxygen atoms in total. The van der Waals surface area contributed by atoms with Crippen molar-refractivity contribution < 1.29 is 0 Å². The molecule has 0 amide bonds. The summed E-state index contributed by atoms with van der Waals surface area (Å²) in [5.74, 6) is 2.15. The van der Waals surface area contributed by atoms with Crippen molar-refractivity contribution in [2.75, 3.05) is 6.54 Å². The van der Waals surface area contributed by atoms with Gasteiger partial charge in [-0.3, -0.25) is 4.99 Å². The molecule has 0 aromatic carbocycles. The molecule has 0 aromatic heterocycles. The van der Waals surface area contributed by atoms with Gasteiger partial charge in [0.1, 0.15) is 0 Å². The van der Waals surface area contributed by atoms with Crippen LogP contribution in [0.5, 0.6) is 0 Å². The fourth-order valence-electron chi connectivity index (χ4n) is 2.09. The Bertz CT molecular complexity index is 198. The Labute approximate surface area is 80.8 Å². The van der Waals surface area contributed by atoms with Gasteiger partial charge in [-0.2, -0.15) is 0 Å². The fourth-order valence-corrected chi connectivity index (χ4v) is 2.09. The van der Waals surface area contributed by atoms with Gasteiger partial charge in [0.2, 0.25) is 0 Å². The van der Waals surface area contributed by atoms with Gasteiger partial charge in [-0.15, -0.1) is 0 Å². The zero-order chi connectivity index (χ0) is 9.10. The molecule has 1 aliphatic carbocycles. The van der Waals surface area contributed by atoms with E-state index in [1.165, 1.54) is 44.4 Å². The van der Waals surface area contributed by atoms with Gasteiger partial charge >= 0.3 is 0 Å². The molecular weight excluding hydrogens is 160 g/mol. The quantitative estimate of drug-likeness (QED) is 0.658. The summed E-state index contributed by atoms with van der Waals surface area (Å²) in [5.41, 5.74) is 0. The maximum atomic E-state index is 4.58. The molecule has 2 atom stereocenters. The number of rotatable bonds is 1. The third-order valence-corrected chi connectivity index (χ3v) is 3.35. The van der Waals surface area contributed by atoms with Crippen LogP contribution in [0, 0.1) is 5.92 Å². The van der Waals surface area contributed by atoms with Gasteiger partial charge in [0.25, 0.3) is 0 Å². The molecule has 2 heteroatoms. The van der Waals surface area contributed by atoms with Crippen molar-refractivity contribution in [3.8, 4) is 0 Å². The monoisotopic (exact) mass is 180 g/mol. The zero-order valence-electron chi connectivity index (χ0n) is 8.55. The molecule has 1 aliphatic heterocycles. The van der Waals surface area contributed by atoms with Crippen LogP contribution < -0.4 is 5.32 Å². The van der Waals surface area contributed by atoms with Crippen molar-refractivity contribution in [3.05, 3.63) is 0 Å². The Hall–Kier alpha value is -0.530.